The molecule has 0 N–H and O–H groups in total. The van der Waals surface area contributed by atoms with E-state index in [-0.39, 0.29) is 23.3 Å². The first kappa shape index (κ1) is 17.4. The number of ether oxygens (including phenoxy) is 1. The van der Waals surface area contributed by atoms with E-state index in [0.717, 1.165) is 19.3 Å². The number of unbranched alkanes of at least 4 members (excludes halogenated alkanes) is 1. The van der Waals surface area contributed by atoms with Crippen molar-refractivity contribution in [1.82, 2.24) is 4.90 Å². The Balaban J connectivity index is 3.02. The summed E-state index contributed by atoms with van der Waals surface area (Å²) in [7, 11) is 0. The second-order valence-electron chi connectivity index (χ2n) is 4.98. The van der Waals surface area contributed by atoms with Crippen molar-refractivity contribution >= 4 is 5.91 Å². The van der Waals surface area contributed by atoms with Crippen molar-refractivity contribution in [1.29, 1.82) is 0 Å². The first-order valence-electron chi connectivity index (χ1n) is 7.36. The molecule has 0 saturated carbocycles. The minimum atomic E-state index is -2.94. The van der Waals surface area contributed by atoms with Gasteiger partial charge in [0.15, 0.2) is 0 Å². The van der Waals surface area contributed by atoms with Crippen molar-refractivity contribution < 1.29 is 18.3 Å². The lowest BCUT2D eigenvalue weighted by atomic mass is 10.1. The molecular formula is C16H23F2NO2. The monoisotopic (exact) mass is 299 g/mol. The molecule has 0 aliphatic carbocycles. The van der Waals surface area contributed by atoms with Crippen LogP contribution >= 0.6 is 0 Å². The zero-order valence-corrected chi connectivity index (χ0v) is 12.8. The van der Waals surface area contributed by atoms with Gasteiger partial charge in [0, 0.05) is 12.6 Å². The van der Waals surface area contributed by atoms with Crippen LogP contribution in [0.1, 0.15) is 50.4 Å². The van der Waals surface area contributed by atoms with Gasteiger partial charge in [-0.2, -0.15) is 8.78 Å². The number of hydrogen-bond acceptors (Lipinski definition) is 2. The Bertz CT molecular complexity index is 452. The van der Waals surface area contributed by atoms with Crippen LogP contribution < -0.4 is 4.74 Å². The molecule has 1 unspecified atom stereocenters. The summed E-state index contributed by atoms with van der Waals surface area (Å²) in [6, 6.07) is 6.22. The van der Waals surface area contributed by atoms with Crippen molar-refractivity contribution in [3.8, 4) is 5.75 Å². The molecule has 1 rings (SSSR count). The largest absolute Gasteiger partial charge is 0.434 e. The standard InChI is InChI=1S/C16H23F2NO2/c1-4-6-11-19(12(3)5-2)15(20)13-9-7-8-10-14(13)21-16(17)18/h7-10,12,16H,4-6,11H2,1-3H3. The zero-order valence-electron chi connectivity index (χ0n) is 12.8. The van der Waals surface area contributed by atoms with Gasteiger partial charge in [-0.05, 0) is 31.9 Å². The van der Waals surface area contributed by atoms with Gasteiger partial charge in [-0.25, -0.2) is 0 Å². The number of nitrogens with zero attached hydrogens (tertiary/aromatic N) is 1. The maximum absolute atomic E-state index is 12.7. The van der Waals surface area contributed by atoms with Gasteiger partial charge >= 0.3 is 6.61 Å². The van der Waals surface area contributed by atoms with Crippen LogP contribution in [-0.2, 0) is 0 Å². The van der Waals surface area contributed by atoms with E-state index in [2.05, 4.69) is 4.74 Å². The van der Waals surface area contributed by atoms with Crippen molar-refractivity contribution in [3.05, 3.63) is 29.8 Å². The summed E-state index contributed by atoms with van der Waals surface area (Å²) >= 11 is 0. The van der Waals surface area contributed by atoms with E-state index in [4.69, 9.17) is 0 Å². The predicted molar refractivity (Wildman–Crippen MR) is 78.8 cm³/mol. The Morgan fingerprint density at radius 2 is 1.95 bits per heavy atom. The summed E-state index contributed by atoms with van der Waals surface area (Å²) in [4.78, 5) is 14.4. The molecule has 0 saturated heterocycles. The fourth-order valence-corrected chi connectivity index (χ4v) is 2.07. The Morgan fingerprint density at radius 1 is 1.29 bits per heavy atom. The SMILES string of the molecule is CCCCN(C(=O)c1ccccc1OC(F)F)C(C)CC. The van der Waals surface area contributed by atoms with E-state index in [9.17, 15) is 13.6 Å². The van der Waals surface area contributed by atoms with Gasteiger partial charge in [0.25, 0.3) is 5.91 Å². The van der Waals surface area contributed by atoms with E-state index in [1.165, 1.54) is 12.1 Å². The van der Waals surface area contributed by atoms with Crippen LogP contribution in [0.4, 0.5) is 8.78 Å². The van der Waals surface area contributed by atoms with Crippen molar-refractivity contribution in [2.75, 3.05) is 6.54 Å². The molecule has 1 amide bonds. The third-order valence-corrected chi connectivity index (χ3v) is 3.47. The van der Waals surface area contributed by atoms with Crippen LogP contribution in [-0.4, -0.2) is 30.0 Å². The lowest BCUT2D eigenvalue weighted by Crippen LogP contribution is -2.39. The topological polar surface area (TPSA) is 29.5 Å². The molecule has 0 aliphatic heterocycles. The molecule has 0 heterocycles. The number of rotatable bonds is 8. The lowest BCUT2D eigenvalue weighted by molar-refractivity contribution is -0.0503. The Morgan fingerprint density at radius 3 is 2.52 bits per heavy atom. The van der Waals surface area contributed by atoms with E-state index in [0.29, 0.717) is 6.54 Å². The molecule has 3 nitrogen and oxygen atoms in total. The molecule has 0 fully saturated rings. The normalized spacial score (nSPS) is 12.3. The third kappa shape index (κ3) is 4.99. The van der Waals surface area contributed by atoms with Gasteiger partial charge in [-0.1, -0.05) is 32.4 Å². The van der Waals surface area contributed by atoms with Crippen LogP contribution in [0.3, 0.4) is 0 Å². The summed E-state index contributed by atoms with van der Waals surface area (Å²) < 4.78 is 29.3. The van der Waals surface area contributed by atoms with Gasteiger partial charge in [0.2, 0.25) is 0 Å². The molecule has 0 radical (unpaired) electrons. The second kappa shape index (κ2) is 8.60. The second-order valence-corrected chi connectivity index (χ2v) is 4.98. The number of carbonyl (C=O) groups excluding carboxylic acids is 1. The Labute approximate surface area is 124 Å². The number of halogens is 2. The number of amides is 1. The summed E-state index contributed by atoms with van der Waals surface area (Å²) in [5, 5.41) is 0. The fraction of sp³-hybridized carbons (Fsp3) is 0.562. The van der Waals surface area contributed by atoms with Crippen LogP contribution in [0, 0.1) is 0 Å². The minimum absolute atomic E-state index is 0.0589. The fourth-order valence-electron chi connectivity index (χ4n) is 2.07. The highest BCUT2D eigenvalue weighted by molar-refractivity contribution is 5.97. The van der Waals surface area contributed by atoms with Crippen LogP contribution in [0.5, 0.6) is 5.75 Å². The molecule has 0 aliphatic rings. The van der Waals surface area contributed by atoms with Crippen molar-refractivity contribution in [2.45, 2.75) is 52.7 Å². The van der Waals surface area contributed by atoms with E-state index in [1.54, 1.807) is 17.0 Å². The first-order chi connectivity index (χ1) is 10.0. The lowest BCUT2D eigenvalue weighted by Gasteiger charge is -2.29. The summed E-state index contributed by atoms with van der Waals surface area (Å²) in [6.07, 6.45) is 2.66. The molecule has 1 atom stereocenters. The Kier molecular flexibility index (Phi) is 7.12. The smallest absolute Gasteiger partial charge is 0.387 e. The molecule has 5 heteroatoms. The average molecular weight is 299 g/mol. The predicted octanol–water partition coefficient (Wildman–Crippen LogP) is 4.33. The van der Waals surface area contributed by atoms with Crippen LogP contribution in [0.25, 0.3) is 0 Å². The molecule has 1 aromatic carbocycles. The number of para-hydroxylation sites is 1. The number of benzene rings is 1. The first-order valence-corrected chi connectivity index (χ1v) is 7.36. The Hall–Kier alpha value is -1.65. The van der Waals surface area contributed by atoms with Gasteiger partial charge in [-0.15, -0.1) is 0 Å². The zero-order chi connectivity index (χ0) is 15.8. The molecule has 21 heavy (non-hydrogen) atoms. The summed E-state index contributed by atoms with van der Waals surface area (Å²) in [5.74, 6) is -0.323. The highest BCUT2D eigenvalue weighted by Crippen LogP contribution is 2.23. The maximum atomic E-state index is 12.7. The maximum Gasteiger partial charge on any atom is 0.387 e. The molecule has 118 valence electrons. The number of hydrogen-bond donors (Lipinski definition) is 0. The van der Waals surface area contributed by atoms with Crippen molar-refractivity contribution in [2.24, 2.45) is 0 Å². The molecule has 1 aromatic rings. The molecule has 0 bridgehead atoms. The summed E-state index contributed by atoms with van der Waals surface area (Å²) in [5.41, 5.74) is 0.189. The highest BCUT2D eigenvalue weighted by atomic mass is 19.3. The van der Waals surface area contributed by atoms with Gasteiger partial charge in [0.05, 0.1) is 5.56 Å². The average Bonchev–Trinajstić information content (AvgIpc) is 2.47. The van der Waals surface area contributed by atoms with Crippen LogP contribution in [0.2, 0.25) is 0 Å². The van der Waals surface area contributed by atoms with E-state index >= 15 is 0 Å². The summed E-state index contributed by atoms with van der Waals surface area (Å²) in [6.45, 7) is 3.69. The molecular weight excluding hydrogens is 276 g/mol. The van der Waals surface area contributed by atoms with Crippen molar-refractivity contribution in [3.63, 3.8) is 0 Å². The molecule has 0 spiro atoms. The van der Waals surface area contributed by atoms with Crippen LogP contribution in [0.15, 0.2) is 24.3 Å². The number of carbonyl (C=O) groups is 1. The molecule has 0 aromatic heterocycles. The van der Waals surface area contributed by atoms with E-state index < -0.39 is 6.61 Å². The minimum Gasteiger partial charge on any atom is -0.434 e. The number of alkyl halides is 2. The van der Waals surface area contributed by atoms with Gasteiger partial charge in [0.1, 0.15) is 5.75 Å². The quantitative estimate of drug-likeness (QED) is 0.715. The van der Waals surface area contributed by atoms with E-state index in [1.807, 2.05) is 20.8 Å². The van der Waals surface area contributed by atoms with Gasteiger partial charge in [-0.3, -0.25) is 4.79 Å². The van der Waals surface area contributed by atoms with Gasteiger partial charge < -0.3 is 9.64 Å². The third-order valence-electron chi connectivity index (χ3n) is 3.47. The highest BCUT2D eigenvalue weighted by Gasteiger charge is 2.23.